The largest absolute Gasteiger partial charge is 0.328 e. The molecule has 2 aromatic rings. The van der Waals surface area contributed by atoms with Gasteiger partial charge in [0.1, 0.15) is 0 Å². The quantitative estimate of drug-likeness (QED) is 0.635. The van der Waals surface area contributed by atoms with Crippen molar-refractivity contribution in [1.29, 1.82) is 0 Å². The number of amides is 4. The number of rotatable bonds is 5. The fraction of sp³-hybridized carbons (Fsp3) is 0.318. The predicted octanol–water partition coefficient (Wildman–Crippen LogP) is 3.05. The first-order valence-electron chi connectivity index (χ1n) is 9.98. The number of anilines is 3. The van der Waals surface area contributed by atoms with Crippen LogP contribution in [0.3, 0.4) is 0 Å². The molecule has 32 heavy (non-hydrogen) atoms. The molecule has 1 heterocycles. The van der Waals surface area contributed by atoms with E-state index in [1.54, 1.807) is 36.4 Å². The number of nitrogens with one attached hydrogen (secondary N) is 3. The van der Waals surface area contributed by atoms with E-state index >= 15 is 0 Å². The lowest BCUT2D eigenvalue weighted by atomic mass is 9.85. The number of hydrogen-bond acceptors (Lipinski definition) is 5. The van der Waals surface area contributed by atoms with Crippen molar-refractivity contribution in [2.45, 2.75) is 32.6 Å². The first kappa shape index (κ1) is 23.3. The van der Waals surface area contributed by atoms with Crippen LogP contribution in [0, 0.1) is 0 Å². The van der Waals surface area contributed by atoms with E-state index in [0.29, 0.717) is 22.6 Å². The topological polar surface area (TPSA) is 125 Å². The van der Waals surface area contributed by atoms with E-state index in [9.17, 15) is 22.8 Å². The number of sulfonamides is 1. The monoisotopic (exact) mass is 458 g/mol. The lowest BCUT2D eigenvalue weighted by Crippen LogP contribution is -2.49. The zero-order valence-electron chi connectivity index (χ0n) is 18.4. The molecule has 3 N–H and O–H groups in total. The third kappa shape index (κ3) is 5.85. The third-order valence-electron chi connectivity index (χ3n) is 4.86. The van der Waals surface area contributed by atoms with Crippen LogP contribution in [-0.2, 0) is 20.2 Å². The minimum Gasteiger partial charge on any atom is -0.322 e. The van der Waals surface area contributed by atoms with Crippen LogP contribution in [0.15, 0.2) is 42.5 Å². The number of hydrogen-bond donors (Lipinski definition) is 3. The van der Waals surface area contributed by atoms with E-state index in [4.69, 9.17) is 0 Å². The molecule has 0 aliphatic carbocycles. The van der Waals surface area contributed by atoms with Crippen LogP contribution in [0.4, 0.5) is 21.9 Å². The Balaban J connectivity index is 1.88. The van der Waals surface area contributed by atoms with Gasteiger partial charge in [0.15, 0.2) is 0 Å². The van der Waals surface area contributed by atoms with Crippen LogP contribution in [-0.4, -0.2) is 39.1 Å². The van der Waals surface area contributed by atoms with E-state index in [2.05, 4.69) is 15.4 Å². The third-order valence-corrected chi connectivity index (χ3v) is 5.46. The van der Waals surface area contributed by atoms with E-state index < -0.39 is 16.1 Å². The summed E-state index contributed by atoms with van der Waals surface area (Å²) in [5, 5.41) is 5.08. The first-order valence-corrected chi connectivity index (χ1v) is 11.9. The van der Waals surface area contributed by atoms with Crippen LogP contribution in [0.5, 0.6) is 0 Å². The molecule has 2 aromatic carbocycles. The molecule has 0 radical (unpaired) electrons. The molecular weight excluding hydrogens is 432 g/mol. The Hall–Kier alpha value is -3.40. The highest BCUT2D eigenvalue weighted by Crippen LogP contribution is 2.29. The van der Waals surface area contributed by atoms with E-state index in [-0.39, 0.29) is 30.2 Å². The van der Waals surface area contributed by atoms with Crippen LogP contribution < -0.4 is 20.3 Å². The maximum Gasteiger partial charge on any atom is 0.328 e. The SMILES string of the molecule is CC(C)(C)c1cc(C(=O)Nc2ccc(NS(C)(=O)=O)cc2)cc(N2CCC(=O)NC2=O)c1. The van der Waals surface area contributed by atoms with Gasteiger partial charge in [-0.05, 0) is 53.4 Å². The molecule has 1 aliphatic heterocycles. The van der Waals surface area contributed by atoms with Gasteiger partial charge in [0.05, 0.1) is 6.26 Å². The van der Waals surface area contributed by atoms with Crippen molar-refractivity contribution in [3.05, 3.63) is 53.6 Å². The number of carbonyl (C=O) groups is 3. The number of benzene rings is 2. The van der Waals surface area contributed by atoms with Crippen LogP contribution in [0.25, 0.3) is 0 Å². The average molecular weight is 459 g/mol. The summed E-state index contributed by atoms with van der Waals surface area (Å²) in [6, 6.07) is 11.0. The molecule has 4 amide bonds. The van der Waals surface area contributed by atoms with Gasteiger partial charge < -0.3 is 5.32 Å². The maximum atomic E-state index is 13.0. The fourth-order valence-electron chi connectivity index (χ4n) is 3.18. The van der Waals surface area contributed by atoms with Crippen molar-refractivity contribution in [2.75, 3.05) is 27.7 Å². The van der Waals surface area contributed by atoms with Gasteiger partial charge in [-0.3, -0.25) is 24.5 Å². The number of carbonyl (C=O) groups excluding carboxylic acids is 3. The zero-order chi connectivity index (χ0) is 23.7. The number of nitrogens with zero attached hydrogens (tertiary/aromatic N) is 1. The Morgan fingerprint density at radius 2 is 1.66 bits per heavy atom. The van der Waals surface area contributed by atoms with Crippen LogP contribution in [0.1, 0.15) is 43.1 Å². The molecule has 1 fully saturated rings. The highest BCUT2D eigenvalue weighted by molar-refractivity contribution is 7.92. The Kier molecular flexibility index (Phi) is 6.27. The molecule has 9 nitrogen and oxygen atoms in total. The zero-order valence-corrected chi connectivity index (χ0v) is 19.2. The molecule has 0 unspecified atom stereocenters. The summed E-state index contributed by atoms with van der Waals surface area (Å²) in [6.07, 6.45) is 1.24. The van der Waals surface area contributed by atoms with Gasteiger partial charge >= 0.3 is 6.03 Å². The summed E-state index contributed by atoms with van der Waals surface area (Å²) in [5.41, 5.74) is 2.33. The lowest BCUT2D eigenvalue weighted by Gasteiger charge is -2.29. The smallest absolute Gasteiger partial charge is 0.322 e. The van der Waals surface area contributed by atoms with Gasteiger partial charge in [-0.15, -0.1) is 0 Å². The van der Waals surface area contributed by atoms with Gasteiger partial charge in [-0.25, -0.2) is 13.2 Å². The molecule has 0 spiro atoms. The van der Waals surface area contributed by atoms with Crippen molar-refractivity contribution in [3.63, 3.8) is 0 Å². The molecule has 1 saturated heterocycles. The Morgan fingerprint density at radius 1 is 1.03 bits per heavy atom. The van der Waals surface area contributed by atoms with Gasteiger partial charge in [0, 0.05) is 35.6 Å². The van der Waals surface area contributed by atoms with Crippen LogP contribution in [0.2, 0.25) is 0 Å². The second kappa shape index (κ2) is 8.62. The summed E-state index contributed by atoms with van der Waals surface area (Å²) in [4.78, 5) is 38.2. The fourth-order valence-corrected chi connectivity index (χ4v) is 3.74. The summed E-state index contributed by atoms with van der Waals surface area (Å²) >= 11 is 0. The van der Waals surface area contributed by atoms with Crippen molar-refractivity contribution in [2.24, 2.45) is 0 Å². The van der Waals surface area contributed by atoms with Crippen molar-refractivity contribution < 1.29 is 22.8 Å². The summed E-state index contributed by atoms with van der Waals surface area (Å²) in [7, 11) is -3.39. The second-order valence-electron chi connectivity index (χ2n) is 8.68. The average Bonchev–Trinajstić information content (AvgIpc) is 2.67. The summed E-state index contributed by atoms with van der Waals surface area (Å²) in [6.45, 7) is 6.23. The highest BCUT2D eigenvalue weighted by Gasteiger charge is 2.27. The normalized spacial score (nSPS) is 14.7. The van der Waals surface area contributed by atoms with Crippen LogP contribution >= 0.6 is 0 Å². The summed E-state index contributed by atoms with van der Waals surface area (Å²) in [5.74, 6) is -0.709. The summed E-state index contributed by atoms with van der Waals surface area (Å²) < 4.78 is 25.0. The molecular formula is C22H26N4O5S. The Labute approximate surface area is 187 Å². The second-order valence-corrected chi connectivity index (χ2v) is 10.4. The van der Waals surface area contributed by atoms with Crippen molar-refractivity contribution in [1.82, 2.24) is 5.32 Å². The van der Waals surface area contributed by atoms with Gasteiger partial charge in [0.2, 0.25) is 15.9 Å². The molecule has 1 aliphatic rings. The highest BCUT2D eigenvalue weighted by atomic mass is 32.2. The van der Waals surface area contributed by atoms with Gasteiger partial charge in [0.25, 0.3) is 5.91 Å². The molecule has 0 aromatic heterocycles. The van der Waals surface area contributed by atoms with E-state index in [1.807, 2.05) is 26.8 Å². The van der Waals surface area contributed by atoms with E-state index in [1.165, 1.54) is 4.90 Å². The molecule has 10 heteroatoms. The van der Waals surface area contributed by atoms with E-state index in [0.717, 1.165) is 11.8 Å². The Bertz CT molecular complexity index is 1170. The van der Waals surface area contributed by atoms with Gasteiger partial charge in [-0.1, -0.05) is 20.8 Å². The molecule has 0 bridgehead atoms. The first-order chi connectivity index (χ1) is 14.8. The predicted molar refractivity (Wildman–Crippen MR) is 124 cm³/mol. The Morgan fingerprint density at radius 3 is 2.22 bits per heavy atom. The van der Waals surface area contributed by atoms with Crippen molar-refractivity contribution in [3.8, 4) is 0 Å². The number of urea groups is 1. The lowest BCUT2D eigenvalue weighted by molar-refractivity contribution is -0.120. The molecule has 0 atom stereocenters. The van der Waals surface area contributed by atoms with Crippen molar-refractivity contribution >= 4 is 44.9 Å². The minimum atomic E-state index is -3.39. The number of imide groups is 1. The maximum absolute atomic E-state index is 13.0. The van der Waals surface area contributed by atoms with Gasteiger partial charge in [-0.2, -0.15) is 0 Å². The molecule has 170 valence electrons. The standard InChI is InChI=1S/C22H26N4O5S/c1-22(2,3)15-11-14(12-18(13-15)26-10-9-19(27)24-21(26)29)20(28)23-16-5-7-17(8-6-16)25-32(4,30)31/h5-8,11-13,25H,9-10H2,1-4H3,(H,23,28)(H,24,27,29). The minimum absolute atomic E-state index is 0.181. The molecule has 0 saturated carbocycles. The molecule has 3 rings (SSSR count).